The van der Waals surface area contributed by atoms with Gasteiger partial charge >= 0.3 is 6.09 Å². The van der Waals surface area contributed by atoms with Gasteiger partial charge in [0.1, 0.15) is 17.7 Å². The van der Waals surface area contributed by atoms with E-state index in [9.17, 15) is 18.0 Å². The highest BCUT2D eigenvalue weighted by Crippen LogP contribution is 2.27. The summed E-state index contributed by atoms with van der Waals surface area (Å²) in [7, 11) is -4.01. The molecule has 0 aliphatic rings. The summed E-state index contributed by atoms with van der Waals surface area (Å²) in [6.45, 7) is 5.24. The number of aromatic nitrogens is 3. The first-order chi connectivity index (χ1) is 21.9. The first-order valence-electron chi connectivity index (χ1n) is 14.0. The Labute approximate surface area is 266 Å². The van der Waals surface area contributed by atoms with Crippen LogP contribution in [-0.4, -0.2) is 40.0 Å². The van der Waals surface area contributed by atoms with E-state index in [0.717, 1.165) is 3.97 Å². The van der Waals surface area contributed by atoms with Gasteiger partial charge in [0.25, 0.3) is 10.0 Å². The van der Waals surface area contributed by atoms with Gasteiger partial charge in [0.2, 0.25) is 5.91 Å². The molecule has 46 heavy (non-hydrogen) atoms. The minimum Gasteiger partial charge on any atom is -0.444 e. The number of rotatable bonds is 8. The summed E-state index contributed by atoms with van der Waals surface area (Å²) in [4.78, 5) is 33.5. The average Bonchev–Trinajstić information content (AvgIpc) is 3.50. The molecule has 5 rings (SSSR count). The zero-order chi connectivity index (χ0) is 32.9. The van der Waals surface area contributed by atoms with E-state index in [2.05, 4.69) is 31.8 Å². The minimum atomic E-state index is -4.01. The Morgan fingerprint density at radius 2 is 1.72 bits per heavy atom. The van der Waals surface area contributed by atoms with Gasteiger partial charge in [-0.2, -0.15) is 0 Å². The molecule has 2 amide bonds. The topological polar surface area (TPSA) is 144 Å². The number of amides is 2. The summed E-state index contributed by atoms with van der Waals surface area (Å²) in [5, 5.41) is 9.02. The molecule has 2 aromatic heterocycles. The van der Waals surface area contributed by atoms with Crippen LogP contribution in [0.1, 0.15) is 31.9 Å². The van der Waals surface area contributed by atoms with Crippen molar-refractivity contribution in [1.82, 2.24) is 13.9 Å². The van der Waals surface area contributed by atoms with E-state index in [1.165, 1.54) is 43.0 Å². The van der Waals surface area contributed by atoms with Gasteiger partial charge in [0, 0.05) is 35.1 Å². The van der Waals surface area contributed by atoms with Crippen LogP contribution in [0.3, 0.4) is 0 Å². The van der Waals surface area contributed by atoms with Gasteiger partial charge in [-0.3, -0.25) is 10.1 Å². The van der Waals surface area contributed by atoms with Crippen molar-refractivity contribution in [2.75, 3.05) is 16.0 Å². The van der Waals surface area contributed by atoms with Crippen molar-refractivity contribution in [3.8, 4) is 12.3 Å². The second kappa shape index (κ2) is 13.0. The smallest absolute Gasteiger partial charge is 0.412 e. The zero-order valence-corrected chi connectivity index (χ0v) is 26.0. The second-order valence-corrected chi connectivity index (χ2v) is 12.9. The monoisotopic (exact) mass is 634 g/mol. The number of nitrogens with zero attached hydrogens (tertiary/aromatic N) is 3. The van der Waals surface area contributed by atoms with E-state index >= 15 is 0 Å². The fourth-order valence-electron chi connectivity index (χ4n) is 4.34. The van der Waals surface area contributed by atoms with Crippen molar-refractivity contribution >= 4 is 61.9 Å². The Morgan fingerprint density at radius 3 is 2.46 bits per heavy atom. The molecule has 0 fully saturated rings. The highest BCUT2D eigenvalue weighted by atomic mass is 32.2. The molecule has 0 aliphatic carbocycles. The number of anilines is 4. The molecule has 3 N–H and O–H groups in total. The molecule has 12 heteroatoms. The number of hydrogen-bond donors (Lipinski definition) is 3. The lowest BCUT2D eigenvalue weighted by Crippen LogP contribution is -2.27. The van der Waals surface area contributed by atoms with E-state index < -0.39 is 27.6 Å². The first-order valence-corrected chi connectivity index (χ1v) is 15.5. The molecule has 2 heterocycles. The molecular formula is C34H30N6O5S. The zero-order valence-electron chi connectivity index (χ0n) is 25.2. The van der Waals surface area contributed by atoms with Crippen LogP contribution in [0, 0.1) is 12.3 Å². The fraction of sp³-hybridized carbons (Fsp3) is 0.118. The highest BCUT2D eigenvalue weighted by molar-refractivity contribution is 7.90. The number of para-hydroxylation sites is 2. The summed E-state index contributed by atoms with van der Waals surface area (Å²) in [6, 6.07) is 20.0. The number of carbonyl (C=O) groups excluding carboxylic acids is 2. The molecule has 0 unspecified atom stereocenters. The molecule has 0 spiro atoms. The maximum Gasteiger partial charge on any atom is 0.412 e. The van der Waals surface area contributed by atoms with Crippen molar-refractivity contribution < 1.29 is 22.7 Å². The van der Waals surface area contributed by atoms with E-state index in [1.807, 2.05) is 6.07 Å². The lowest BCUT2D eigenvalue weighted by Gasteiger charge is -2.20. The number of terminal acetylenes is 1. The molecule has 5 aromatic rings. The van der Waals surface area contributed by atoms with Gasteiger partial charge in [-0.1, -0.05) is 24.1 Å². The number of nitrogens with one attached hydrogen (secondary N) is 3. The predicted octanol–water partition coefficient (Wildman–Crippen LogP) is 6.39. The molecule has 11 nitrogen and oxygen atoms in total. The van der Waals surface area contributed by atoms with Crippen LogP contribution in [0.25, 0.3) is 17.0 Å². The number of hydrogen-bond acceptors (Lipinski definition) is 8. The van der Waals surface area contributed by atoms with E-state index in [4.69, 9.17) is 11.2 Å². The van der Waals surface area contributed by atoms with Crippen LogP contribution in [0.2, 0.25) is 0 Å². The summed E-state index contributed by atoms with van der Waals surface area (Å²) in [5.41, 5.74) is 2.43. The van der Waals surface area contributed by atoms with Gasteiger partial charge < -0.3 is 15.4 Å². The normalized spacial score (nSPS) is 11.6. The first kappa shape index (κ1) is 31.5. The number of benzene rings is 3. The largest absolute Gasteiger partial charge is 0.444 e. The molecule has 0 saturated heterocycles. The van der Waals surface area contributed by atoms with Crippen molar-refractivity contribution in [3.05, 3.63) is 109 Å². The maximum absolute atomic E-state index is 13.6. The molecule has 3 aromatic carbocycles. The lowest BCUT2D eigenvalue weighted by atomic mass is 10.2. The quantitative estimate of drug-likeness (QED) is 0.132. The van der Waals surface area contributed by atoms with E-state index in [1.54, 1.807) is 75.4 Å². The molecule has 0 radical (unpaired) electrons. The van der Waals surface area contributed by atoms with Crippen molar-refractivity contribution in [2.45, 2.75) is 31.3 Å². The Morgan fingerprint density at radius 1 is 0.957 bits per heavy atom. The van der Waals surface area contributed by atoms with Crippen molar-refractivity contribution in [2.24, 2.45) is 0 Å². The Hall–Kier alpha value is -5.93. The standard InChI is InChI=1S/C34H30N6O5S/c1-5-23-9-8-10-25(19-23)37-32-27-20-26(14-15-28(27)35-22-36-32)46(43,44)40-18-17-24(21-40)13-16-31(41)38-29-11-6-7-12-30(29)39-33(42)45-34(2,3)4/h1,6-22H,2-4H3,(H,38,41)(H,39,42)(H,35,36,37). The highest BCUT2D eigenvalue weighted by Gasteiger charge is 2.19. The lowest BCUT2D eigenvalue weighted by molar-refractivity contribution is -0.111. The van der Waals surface area contributed by atoms with Crippen LogP contribution in [0.5, 0.6) is 0 Å². The van der Waals surface area contributed by atoms with Gasteiger partial charge in [0.05, 0.1) is 21.8 Å². The molecule has 0 atom stereocenters. The third-order valence-corrected chi connectivity index (χ3v) is 8.04. The molecule has 232 valence electrons. The number of carbonyl (C=O) groups is 2. The van der Waals surface area contributed by atoms with Crippen LogP contribution < -0.4 is 16.0 Å². The fourth-order valence-corrected chi connectivity index (χ4v) is 5.57. The number of fused-ring (bicyclic) bond motifs is 1. The number of ether oxygens (including phenoxy) is 1. The summed E-state index contributed by atoms with van der Waals surface area (Å²) in [6.07, 6.45) is 11.8. The summed E-state index contributed by atoms with van der Waals surface area (Å²) < 4.78 is 33.5. The molecule has 0 aliphatic heterocycles. The SMILES string of the molecule is C#Cc1cccc(Nc2ncnc3ccc(S(=O)(=O)n4ccc(C=CC(=O)Nc5ccccc5NC(=O)OC(C)(C)C)c4)cc23)c1. The Balaban J connectivity index is 1.31. The van der Waals surface area contributed by atoms with Crippen LogP contribution >= 0.6 is 0 Å². The van der Waals surface area contributed by atoms with Crippen LogP contribution in [0.4, 0.5) is 27.7 Å². The summed E-state index contributed by atoms with van der Waals surface area (Å²) in [5.74, 6) is 2.51. The van der Waals surface area contributed by atoms with Gasteiger partial charge in [0.15, 0.2) is 0 Å². The third-order valence-electron chi connectivity index (χ3n) is 6.41. The molecule has 0 bridgehead atoms. The van der Waals surface area contributed by atoms with Gasteiger partial charge in [-0.05, 0) is 87.0 Å². The van der Waals surface area contributed by atoms with Crippen LogP contribution in [0.15, 0.2) is 102 Å². The Bertz CT molecular complexity index is 2120. The molecule has 0 saturated carbocycles. The maximum atomic E-state index is 13.6. The van der Waals surface area contributed by atoms with Gasteiger partial charge in [-0.15, -0.1) is 6.42 Å². The van der Waals surface area contributed by atoms with Crippen LogP contribution in [-0.2, 0) is 19.6 Å². The molecular weight excluding hydrogens is 604 g/mol. The van der Waals surface area contributed by atoms with E-state index in [0.29, 0.717) is 44.9 Å². The van der Waals surface area contributed by atoms with Gasteiger partial charge in [-0.25, -0.2) is 27.2 Å². The third kappa shape index (κ3) is 7.58. The van der Waals surface area contributed by atoms with Crippen molar-refractivity contribution in [1.29, 1.82) is 0 Å². The second-order valence-electron chi connectivity index (χ2n) is 11.0. The summed E-state index contributed by atoms with van der Waals surface area (Å²) >= 11 is 0. The minimum absolute atomic E-state index is 0.0215. The Kier molecular flexibility index (Phi) is 8.88. The predicted molar refractivity (Wildman–Crippen MR) is 178 cm³/mol. The van der Waals surface area contributed by atoms with E-state index in [-0.39, 0.29) is 4.90 Å². The average molecular weight is 635 g/mol. The van der Waals surface area contributed by atoms with Crippen molar-refractivity contribution in [3.63, 3.8) is 0 Å².